The summed E-state index contributed by atoms with van der Waals surface area (Å²) in [5.41, 5.74) is -0.859. The van der Waals surface area contributed by atoms with E-state index in [1.54, 1.807) is 6.92 Å². The van der Waals surface area contributed by atoms with Gasteiger partial charge in [-0.05, 0) is 62.9 Å². The van der Waals surface area contributed by atoms with Gasteiger partial charge in [0.2, 0.25) is 11.7 Å². The Balaban J connectivity index is 1.56. The Kier molecular flexibility index (Phi) is 8.54. The number of hydrogen-bond acceptors (Lipinski definition) is 6. The zero-order valence-electron chi connectivity index (χ0n) is 20.8. The van der Waals surface area contributed by atoms with Crippen LogP contribution in [-0.4, -0.2) is 52.5 Å². The fourth-order valence-corrected chi connectivity index (χ4v) is 4.44. The van der Waals surface area contributed by atoms with Crippen molar-refractivity contribution < 1.29 is 32.8 Å². The van der Waals surface area contributed by atoms with Gasteiger partial charge in [-0.1, -0.05) is 11.6 Å². The maximum absolute atomic E-state index is 13.4. The number of anilines is 1. The molecule has 4 rings (SSSR count). The summed E-state index contributed by atoms with van der Waals surface area (Å²) in [5, 5.41) is 10.5. The predicted molar refractivity (Wildman–Crippen MR) is 136 cm³/mol. The highest BCUT2D eigenvalue weighted by atomic mass is 35.5. The van der Waals surface area contributed by atoms with Gasteiger partial charge in [-0.25, -0.2) is 8.78 Å². The molecular weight excluding hydrogens is 536 g/mol. The number of amides is 4. The van der Waals surface area contributed by atoms with Gasteiger partial charge in [0.25, 0.3) is 24.1 Å². The Hall–Kier alpha value is -3.93. The van der Waals surface area contributed by atoms with Gasteiger partial charge in [-0.15, -0.1) is 0 Å². The highest BCUT2D eigenvalue weighted by Gasteiger charge is 2.37. The van der Waals surface area contributed by atoms with Crippen LogP contribution in [0.15, 0.2) is 36.5 Å². The van der Waals surface area contributed by atoms with E-state index in [4.69, 9.17) is 11.6 Å². The number of rotatable bonds is 10. The monoisotopic (exact) mass is 561 g/mol. The first-order chi connectivity index (χ1) is 18.5. The second-order valence-corrected chi connectivity index (χ2v) is 10.1. The molecule has 39 heavy (non-hydrogen) atoms. The first kappa shape index (κ1) is 28.1. The fraction of sp³-hybridized carbons (Fsp3) is 0.385. The van der Waals surface area contributed by atoms with Crippen LogP contribution >= 0.6 is 11.6 Å². The van der Waals surface area contributed by atoms with E-state index >= 15 is 0 Å². The van der Waals surface area contributed by atoms with E-state index in [0.717, 1.165) is 25.1 Å². The maximum atomic E-state index is 13.4. The van der Waals surface area contributed by atoms with Gasteiger partial charge in [-0.2, -0.15) is 0 Å². The number of benzene rings is 1. The van der Waals surface area contributed by atoms with Gasteiger partial charge in [0.05, 0.1) is 17.3 Å². The number of nitrogens with one attached hydrogen (secondary N) is 4. The van der Waals surface area contributed by atoms with Gasteiger partial charge >= 0.3 is 0 Å². The Morgan fingerprint density at radius 1 is 1.13 bits per heavy atom. The summed E-state index contributed by atoms with van der Waals surface area (Å²) in [6.45, 7) is 1.81. The number of carbonyl (C=O) groups is 5. The summed E-state index contributed by atoms with van der Waals surface area (Å²) in [6, 6.07) is 4.61. The van der Waals surface area contributed by atoms with Gasteiger partial charge in [0.15, 0.2) is 0 Å². The molecule has 0 radical (unpaired) electrons. The topological polar surface area (TPSA) is 146 Å². The third kappa shape index (κ3) is 7.14. The summed E-state index contributed by atoms with van der Waals surface area (Å²) in [5.74, 6) is -4.26. The van der Waals surface area contributed by atoms with E-state index in [1.165, 1.54) is 24.3 Å². The van der Waals surface area contributed by atoms with Crippen molar-refractivity contribution in [3.8, 4) is 0 Å². The largest absolute Gasteiger partial charge is 0.353 e. The van der Waals surface area contributed by atoms with Gasteiger partial charge in [-0.3, -0.25) is 29.0 Å². The molecule has 1 aromatic carbocycles. The molecule has 2 aliphatic rings. The molecule has 4 amide bonds. The molecule has 206 valence electrons. The summed E-state index contributed by atoms with van der Waals surface area (Å²) < 4.78 is 26.0. The Labute approximate surface area is 227 Å². The van der Waals surface area contributed by atoms with Crippen LogP contribution in [0.1, 0.15) is 65.4 Å². The van der Waals surface area contributed by atoms with E-state index in [-0.39, 0.29) is 46.2 Å². The van der Waals surface area contributed by atoms with Crippen molar-refractivity contribution in [3.63, 3.8) is 0 Å². The SMILES string of the molecule is C[C@@H]1C[C@@H](CC(NC(=O)c2cc(Cl)ccc2NC(=O)c2ccnc(C(F)F)c2)C(=O)C(=O)NC2CC2)C(=O)N1. The number of halogens is 3. The number of Topliss-reactive ketones (excluding diaryl/α,β-unsaturated/α-hetero) is 1. The summed E-state index contributed by atoms with van der Waals surface area (Å²) in [7, 11) is 0. The zero-order valence-corrected chi connectivity index (χ0v) is 21.6. The molecule has 4 N–H and O–H groups in total. The molecule has 1 aromatic heterocycles. The van der Waals surface area contributed by atoms with Crippen molar-refractivity contribution in [3.05, 3.63) is 58.4 Å². The molecule has 2 heterocycles. The molecule has 2 aromatic rings. The smallest absolute Gasteiger partial charge is 0.289 e. The lowest BCUT2D eigenvalue weighted by molar-refractivity contribution is -0.139. The molecule has 1 aliphatic heterocycles. The molecule has 1 unspecified atom stereocenters. The van der Waals surface area contributed by atoms with Crippen molar-refractivity contribution in [2.45, 2.75) is 57.2 Å². The number of carbonyl (C=O) groups excluding carboxylic acids is 5. The number of alkyl halides is 2. The Morgan fingerprint density at radius 3 is 2.51 bits per heavy atom. The van der Waals surface area contributed by atoms with Crippen molar-refractivity contribution in [2.75, 3.05) is 5.32 Å². The van der Waals surface area contributed by atoms with Crippen LogP contribution in [0.2, 0.25) is 5.02 Å². The lowest BCUT2D eigenvalue weighted by atomic mass is 9.93. The predicted octanol–water partition coefficient (Wildman–Crippen LogP) is 2.79. The summed E-state index contributed by atoms with van der Waals surface area (Å²) in [6.07, 6.45) is 0.00366. The van der Waals surface area contributed by atoms with Gasteiger partial charge < -0.3 is 21.3 Å². The van der Waals surface area contributed by atoms with Crippen molar-refractivity contribution in [1.29, 1.82) is 0 Å². The van der Waals surface area contributed by atoms with Crippen LogP contribution in [0.3, 0.4) is 0 Å². The molecule has 13 heteroatoms. The minimum Gasteiger partial charge on any atom is -0.353 e. The normalized spacial score (nSPS) is 19.3. The minimum absolute atomic E-state index is 0.0156. The average molecular weight is 562 g/mol. The van der Waals surface area contributed by atoms with Crippen molar-refractivity contribution >= 4 is 46.7 Å². The average Bonchev–Trinajstić information content (AvgIpc) is 3.65. The Bertz CT molecular complexity index is 1320. The number of aromatic nitrogens is 1. The van der Waals surface area contributed by atoms with E-state index in [2.05, 4.69) is 26.3 Å². The standard InChI is InChI=1S/C26H26ClF2N5O5/c1-12-8-14(24(37)31-12)10-19(21(35)26(39)32-16-3-4-16)34-25(38)17-11-15(27)2-5-18(17)33-23(36)13-6-7-30-20(9-13)22(28)29/h2,5-7,9,11-12,14,16,19,22H,3-4,8,10H2,1H3,(H,31,37)(H,32,39)(H,33,36)(H,34,38)/t12-,14+,19?/m1/s1. The number of nitrogens with zero attached hydrogens (tertiary/aromatic N) is 1. The second-order valence-electron chi connectivity index (χ2n) is 9.63. The molecular formula is C26H26ClF2N5O5. The lowest BCUT2D eigenvalue weighted by Gasteiger charge is -2.21. The molecule has 1 saturated heterocycles. The number of ketones is 1. The summed E-state index contributed by atoms with van der Waals surface area (Å²) >= 11 is 6.09. The molecule has 2 fully saturated rings. The van der Waals surface area contributed by atoms with E-state index in [9.17, 15) is 32.8 Å². The number of hydrogen-bond donors (Lipinski definition) is 4. The molecule has 1 saturated carbocycles. The van der Waals surface area contributed by atoms with Gasteiger partial charge in [0, 0.05) is 34.8 Å². The molecule has 0 spiro atoms. The van der Waals surface area contributed by atoms with Gasteiger partial charge in [0.1, 0.15) is 5.69 Å². The minimum atomic E-state index is -2.88. The molecule has 10 nitrogen and oxygen atoms in total. The zero-order chi connectivity index (χ0) is 28.3. The first-order valence-electron chi connectivity index (χ1n) is 12.3. The molecule has 0 bridgehead atoms. The fourth-order valence-electron chi connectivity index (χ4n) is 4.27. The van der Waals surface area contributed by atoms with Crippen LogP contribution in [0.5, 0.6) is 0 Å². The quantitative estimate of drug-likeness (QED) is 0.328. The highest BCUT2D eigenvalue weighted by Crippen LogP contribution is 2.25. The van der Waals surface area contributed by atoms with Crippen molar-refractivity contribution in [1.82, 2.24) is 20.9 Å². The third-order valence-corrected chi connectivity index (χ3v) is 6.65. The number of pyridine rings is 1. The maximum Gasteiger partial charge on any atom is 0.289 e. The van der Waals surface area contributed by atoms with Crippen LogP contribution in [0.4, 0.5) is 14.5 Å². The van der Waals surface area contributed by atoms with Crippen LogP contribution in [-0.2, 0) is 14.4 Å². The van der Waals surface area contributed by atoms with Crippen LogP contribution < -0.4 is 21.3 Å². The lowest BCUT2D eigenvalue weighted by Crippen LogP contribution is -2.49. The third-order valence-electron chi connectivity index (χ3n) is 6.42. The van der Waals surface area contributed by atoms with Crippen LogP contribution in [0.25, 0.3) is 0 Å². The summed E-state index contributed by atoms with van der Waals surface area (Å²) in [4.78, 5) is 67.5. The van der Waals surface area contributed by atoms with Crippen molar-refractivity contribution in [2.24, 2.45) is 5.92 Å². The first-order valence-corrected chi connectivity index (χ1v) is 12.7. The second kappa shape index (κ2) is 11.9. The van der Waals surface area contributed by atoms with E-state index in [1.807, 2.05) is 0 Å². The molecule has 3 atom stereocenters. The Morgan fingerprint density at radius 2 is 1.87 bits per heavy atom. The molecule has 1 aliphatic carbocycles. The highest BCUT2D eigenvalue weighted by molar-refractivity contribution is 6.38. The van der Waals surface area contributed by atoms with E-state index < -0.39 is 47.6 Å². The van der Waals surface area contributed by atoms with Crippen LogP contribution in [0, 0.1) is 5.92 Å². The van der Waals surface area contributed by atoms with E-state index in [0.29, 0.717) is 6.42 Å².